The summed E-state index contributed by atoms with van der Waals surface area (Å²) in [5.74, 6) is -3.71. The Hall–Kier alpha value is -3.96. The summed E-state index contributed by atoms with van der Waals surface area (Å²) in [6, 6.07) is 2.77. The van der Waals surface area contributed by atoms with Crippen LogP contribution in [0.1, 0.15) is 29.2 Å². The van der Waals surface area contributed by atoms with Crippen LogP contribution in [-0.2, 0) is 50.6 Å². The zero-order valence-electron chi connectivity index (χ0n) is 28.3. The molecule has 0 aliphatic carbocycles. The van der Waals surface area contributed by atoms with Gasteiger partial charge in [0.1, 0.15) is 47.9 Å². The fourth-order valence-electron chi connectivity index (χ4n) is 5.08. The second kappa shape index (κ2) is 18.3. The number of phosphoric acid groups is 3. The molecule has 0 bridgehead atoms. The standard InChI is InChI=1S/C21H28N7O17P3.C4H6O5/c22-17-12-19(25-7-24-17)28(8-26-12)21-16(44-46(33,34)35)14(30)11(43-21)6-41-48(38,39)45-47(36,37)40-5-10-13(29)15(31)20(42-10)27-3-1-2-9(4-27)18(23)32;5-2(4(8)9)1-3(6)7/h1-4,7-8,10-11,13-16,20-21,29-31H,5-6H2,(H7-,22,23,24,25,32,33,34,35,36,37,38,39);2,5H,1H2,(H,6,7)(H,8,9)/t10-,11-,13-,14-,15-,16-,20-,21-;/m1./s1. The molecular weight excluding hydrogens is 843 g/mol. The maximum absolute atomic E-state index is 12.5. The van der Waals surface area contributed by atoms with Gasteiger partial charge in [-0.25, -0.2) is 33.2 Å². The van der Waals surface area contributed by atoms with Crippen LogP contribution < -0.4 is 20.9 Å². The summed E-state index contributed by atoms with van der Waals surface area (Å²) in [5, 5.41) is 55.6. The van der Waals surface area contributed by atoms with E-state index in [1.165, 1.54) is 29.1 Å². The zero-order chi connectivity index (χ0) is 42.6. The number of pyridine rings is 1. The average Bonchev–Trinajstić information content (AvgIpc) is 3.75. The first-order valence-electron chi connectivity index (χ1n) is 15.5. The third-order valence-electron chi connectivity index (χ3n) is 7.63. The number of primary amides is 1. The van der Waals surface area contributed by atoms with Gasteiger partial charge in [-0.2, -0.15) is 4.57 Å². The van der Waals surface area contributed by atoms with Gasteiger partial charge < -0.3 is 75.7 Å². The Morgan fingerprint density at radius 3 is 2.23 bits per heavy atom. The number of aliphatic hydroxyl groups is 4. The number of nitrogen functional groups attached to an aromatic ring is 1. The highest BCUT2D eigenvalue weighted by Gasteiger charge is 2.51. The Bertz CT molecular complexity index is 2090. The minimum atomic E-state index is -5.72. The lowest BCUT2D eigenvalue weighted by molar-refractivity contribution is -0.765. The smallest absolute Gasteiger partial charge is 0.478 e. The number of rotatable bonds is 16. The lowest BCUT2D eigenvalue weighted by atomic mass is 10.1. The number of phosphoric ester groups is 3. The summed E-state index contributed by atoms with van der Waals surface area (Å²) in [6.07, 6.45) is -11.1. The third kappa shape index (κ3) is 12.0. The van der Waals surface area contributed by atoms with Crippen molar-refractivity contribution in [3.8, 4) is 0 Å². The molecule has 2 aliphatic heterocycles. The molecule has 2 aliphatic rings. The van der Waals surface area contributed by atoms with Crippen molar-refractivity contribution < 1.29 is 110 Å². The summed E-state index contributed by atoms with van der Waals surface area (Å²) in [7, 11) is -16.6. The van der Waals surface area contributed by atoms with Gasteiger partial charge in [-0.15, -0.1) is 0 Å². The number of carbonyl (C=O) groups is 3. The molecule has 11 atom stereocenters. The van der Waals surface area contributed by atoms with Gasteiger partial charge in [-0.05, 0) is 6.07 Å². The van der Waals surface area contributed by atoms with E-state index in [1.807, 2.05) is 0 Å². The van der Waals surface area contributed by atoms with Crippen LogP contribution in [0, 0.1) is 0 Å². The molecule has 0 spiro atoms. The molecular formula is C25H34N7O22P3. The van der Waals surface area contributed by atoms with E-state index in [0.717, 1.165) is 17.2 Å². The van der Waals surface area contributed by atoms with Gasteiger partial charge in [0, 0.05) is 6.07 Å². The number of imidazole rings is 1. The van der Waals surface area contributed by atoms with E-state index in [-0.39, 0.29) is 22.5 Å². The molecule has 0 radical (unpaired) electrons. The minimum absolute atomic E-state index is 0.00541. The maximum Gasteiger partial charge on any atom is 0.478 e. The van der Waals surface area contributed by atoms with E-state index in [0.29, 0.717) is 0 Å². The molecule has 5 heterocycles. The molecule has 0 aromatic carbocycles. The summed E-state index contributed by atoms with van der Waals surface area (Å²) >= 11 is 0. The number of ether oxygens (including phenoxy) is 2. The minimum Gasteiger partial charge on any atom is -0.756 e. The van der Waals surface area contributed by atoms with Crippen molar-refractivity contribution in [2.24, 2.45) is 5.73 Å². The average molecular weight is 877 g/mol. The first-order chi connectivity index (χ1) is 26.4. The van der Waals surface area contributed by atoms with Gasteiger partial charge in [-0.1, -0.05) is 0 Å². The summed E-state index contributed by atoms with van der Waals surface area (Å²) in [5.41, 5.74) is 11.1. The molecule has 2 saturated heterocycles. The number of fused-ring (bicyclic) bond motifs is 1. The Morgan fingerprint density at radius 2 is 1.63 bits per heavy atom. The normalized spacial score (nSPS) is 27.5. The van der Waals surface area contributed by atoms with Crippen molar-refractivity contribution in [1.82, 2.24) is 19.5 Å². The lowest BCUT2D eigenvalue weighted by Crippen LogP contribution is -2.46. The number of nitrogens with two attached hydrogens (primary N) is 2. The number of anilines is 1. The second-order valence-electron chi connectivity index (χ2n) is 11.7. The van der Waals surface area contributed by atoms with Crippen LogP contribution in [0.3, 0.4) is 0 Å². The number of aromatic nitrogens is 5. The van der Waals surface area contributed by atoms with Crippen LogP contribution in [0.5, 0.6) is 0 Å². The Kier molecular flexibility index (Phi) is 14.7. The number of carboxylic acid groups (broad SMARTS) is 2. The van der Waals surface area contributed by atoms with Crippen molar-refractivity contribution in [2.75, 3.05) is 18.9 Å². The summed E-state index contributed by atoms with van der Waals surface area (Å²) in [6.45, 7) is -2.12. The lowest BCUT2D eigenvalue weighted by Gasteiger charge is -2.26. The van der Waals surface area contributed by atoms with Crippen molar-refractivity contribution in [1.29, 1.82) is 0 Å². The van der Waals surface area contributed by atoms with Gasteiger partial charge in [0.05, 0.1) is 26.0 Å². The number of aliphatic hydroxyl groups excluding tert-OH is 4. The highest BCUT2D eigenvalue weighted by molar-refractivity contribution is 7.60. The third-order valence-corrected chi connectivity index (χ3v) is 10.7. The highest BCUT2D eigenvalue weighted by atomic mass is 31.3. The fraction of sp³-hybridized carbons (Fsp3) is 0.480. The number of amides is 1. The van der Waals surface area contributed by atoms with E-state index in [2.05, 4.69) is 32.8 Å². The molecule has 0 saturated carbocycles. The monoisotopic (exact) mass is 877 g/mol. The Labute approximate surface area is 317 Å². The largest absolute Gasteiger partial charge is 0.756 e. The molecule has 13 N–H and O–H groups in total. The molecule has 32 heteroatoms. The topological polar surface area (TPSA) is 462 Å². The first kappa shape index (κ1) is 45.7. The van der Waals surface area contributed by atoms with Gasteiger partial charge in [0.15, 0.2) is 42.3 Å². The number of carbonyl (C=O) groups excluding carboxylic acids is 1. The van der Waals surface area contributed by atoms with Crippen molar-refractivity contribution in [2.45, 2.75) is 61.6 Å². The number of hydrogen-bond acceptors (Lipinski definition) is 21. The van der Waals surface area contributed by atoms with Crippen LogP contribution in [0.4, 0.5) is 5.82 Å². The quantitative estimate of drug-likeness (QED) is 0.0476. The van der Waals surface area contributed by atoms with Gasteiger partial charge in [0.2, 0.25) is 0 Å². The molecule has 2 fully saturated rings. The molecule has 29 nitrogen and oxygen atoms in total. The van der Waals surface area contributed by atoms with E-state index in [4.69, 9.17) is 36.3 Å². The highest BCUT2D eigenvalue weighted by Crippen LogP contribution is 2.58. The predicted molar refractivity (Wildman–Crippen MR) is 174 cm³/mol. The van der Waals surface area contributed by atoms with Crippen molar-refractivity contribution in [3.63, 3.8) is 0 Å². The van der Waals surface area contributed by atoms with E-state index in [9.17, 15) is 63.0 Å². The summed E-state index contributed by atoms with van der Waals surface area (Å²) < 4.78 is 67.9. The van der Waals surface area contributed by atoms with E-state index >= 15 is 0 Å². The Balaban J connectivity index is 0.000000713. The van der Waals surface area contributed by atoms with Gasteiger partial charge >= 0.3 is 27.6 Å². The number of hydrogen-bond donors (Lipinski definition) is 11. The van der Waals surface area contributed by atoms with Gasteiger partial charge in [-0.3, -0.25) is 27.8 Å². The molecule has 3 aromatic rings. The zero-order valence-corrected chi connectivity index (χ0v) is 31.0. The van der Waals surface area contributed by atoms with Crippen LogP contribution in [0.25, 0.3) is 11.2 Å². The van der Waals surface area contributed by atoms with Crippen LogP contribution in [0.15, 0.2) is 37.2 Å². The Morgan fingerprint density at radius 1 is 0.982 bits per heavy atom. The van der Waals surface area contributed by atoms with Crippen LogP contribution in [0.2, 0.25) is 0 Å². The second-order valence-corrected chi connectivity index (χ2v) is 15.9. The molecule has 57 heavy (non-hydrogen) atoms. The van der Waals surface area contributed by atoms with Crippen molar-refractivity contribution >= 4 is 58.3 Å². The van der Waals surface area contributed by atoms with Crippen LogP contribution in [-0.4, -0.2) is 139 Å². The maximum atomic E-state index is 12.5. The molecule has 1 amide bonds. The molecule has 316 valence electrons. The van der Waals surface area contributed by atoms with E-state index < -0.39 is 116 Å². The summed E-state index contributed by atoms with van der Waals surface area (Å²) in [4.78, 5) is 83.8. The molecule has 3 unspecified atom stereocenters. The van der Waals surface area contributed by atoms with Crippen molar-refractivity contribution in [3.05, 3.63) is 42.7 Å². The number of nitrogens with zero attached hydrogens (tertiary/aromatic N) is 5. The predicted octanol–water partition coefficient (Wildman–Crippen LogP) is -4.62. The SMILES string of the molecule is NC(=O)c1ccc[n+]([C@@H]2O[C@H](COP(=O)([O-])OP(=O)(O)OC[C@H]3O[C@@H](n4cnc5c(N)ncnc54)[C@H](OP(=O)(O)O)[C@@H]3O)[C@@H](O)[C@H]2O)c1.O=C(O)CC(O)C(=O)O. The van der Waals surface area contributed by atoms with E-state index in [1.54, 1.807) is 0 Å². The first-order valence-corrected chi connectivity index (χ1v) is 20.0. The number of aliphatic carboxylic acids is 2. The number of carboxylic acids is 2. The molecule has 5 rings (SSSR count). The molecule has 3 aromatic heterocycles. The van der Waals surface area contributed by atoms with Crippen LogP contribution >= 0.6 is 23.5 Å². The fourth-order valence-corrected chi connectivity index (χ4v) is 7.68. The van der Waals surface area contributed by atoms with Gasteiger partial charge in [0.25, 0.3) is 20.0 Å².